The summed E-state index contributed by atoms with van der Waals surface area (Å²) in [5.41, 5.74) is 0.786. The Morgan fingerprint density at radius 2 is 2.27 bits per heavy atom. The molecule has 1 aliphatic heterocycles. The van der Waals surface area contributed by atoms with Gasteiger partial charge < -0.3 is 10.1 Å². The molecule has 0 aromatic heterocycles. The summed E-state index contributed by atoms with van der Waals surface area (Å²) in [6.45, 7) is 0. The van der Waals surface area contributed by atoms with E-state index >= 15 is 0 Å². The summed E-state index contributed by atoms with van der Waals surface area (Å²) in [5.74, 6) is 0.230. The Balaban J connectivity index is 2.48. The van der Waals surface area contributed by atoms with Crippen molar-refractivity contribution < 1.29 is 9.13 Å². The van der Waals surface area contributed by atoms with Gasteiger partial charge in [0.15, 0.2) is 5.75 Å². The smallest absolute Gasteiger partial charge is 0.152 e. The molecule has 0 unspecified atom stereocenters. The lowest BCUT2D eigenvalue weighted by Gasteiger charge is -2.12. The van der Waals surface area contributed by atoms with E-state index in [0.717, 1.165) is 5.69 Å². The lowest BCUT2D eigenvalue weighted by molar-refractivity contribution is 0.471. The molecule has 0 saturated heterocycles. The Morgan fingerprint density at radius 1 is 1.36 bits per heavy atom. The van der Waals surface area contributed by atoms with E-state index in [1.54, 1.807) is 12.3 Å². The molecule has 0 radical (unpaired) electrons. The van der Waals surface area contributed by atoms with Gasteiger partial charge in [0.2, 0.25) is 0 Å². The molecule has 1 aliphatic rings. The zero-order chi connectivity index (χ0) is 7.68. The molecular formula is C8H6FNO. The van der Waals surface area contributed by atoms with Gasteiger partial charge in [0, 0.05) is 12.3 Å². The Hall–Kier alpha value is -1.51. The highest BCUT2D eigenvalue weighted by molar-refractivity contribution is 5.59. The number of fused-ring (bicyclic) bond motifs is 1. The number of halogens is 1. The molecule has 0 bridgehead atoms. The minimum absolute atomic E-state index is 0.291. The standard InChI is InChI=1S/C8H6FNO/c9-6-1-2-7-8(5-6)11-4-3-10-7/h1-5,10H. The highest BCUT2D eigenvalue weighted by atomic mass is 19.1. The summed E-state index contributed by atoms with van der Waals surface area (Å²) >= 11 is 0. The fourth-order valence-corrected chi connectivity index (χ4v) is 0.944. The van der Waals surface area contributed by atoms with Gasteiger partial charge in [-0.25, -0.2) is 4.39 Å². The molecular weight excluding hydrogens is 145 g/mol. The number of anilines is 1. The molecule has 0 amide bonds. The Morgan fingerprint density at radius 3 is 3.18 bits per heavy atom. The van der Waals surface area contributed by atoms with E-state index in [9.17, 15) is 4.39 Å². The minimum atomic E-state index is -0.291. The Labute approximate surface area is 63.3 Å². The number of hydrogen-bond acceptors (Lipinski definition) is 2. The molecule has 1 heterocycles. The van der Waals surface area contributed by atoms with Gasteiger partial charge in [-0.2, -0.15) is 0 Å². The van der Waals surface area contributed by atoms with E-state index in [0.29, 0.717) is 5.75 Å². The van der Waals surface area contributed by atoms with E-state index in [1.165, 1.54) is 18.4 Å². The van der Waals surface area contributed by atoms with Crippen LogP contribution in [-0.4, -0.2) is 0 Å². The maximum Gasteiger partial charge on any atom is 0.152 e. The highest BCUT2D eigenvalue weighted by Gasteiger charge is 2.05. The van der Waals surface area contributed by atoms with Crippen molar-refractivity contribution in [2.24, 2.45) is 0 Å². The Kier molecular flexibility index (Phi) is 1.28. The predicted molar refractivity (Wildman–Crippen MR) is 39.8 cm³/mol. The summed E-state index contributed by atoms with van der Waals surface area (Å²) in [6.07, 6.45) is 3.13. The average molecular weight is 151 g/mol. The fraction of sp³-hybridized carbons (Fsp3) is 0. The van der Waals surface area contributed by atoms with E-state index in [1.807, 2.05) is 0 Å². The number of benzene rings is 1. The van der Waals surface area contributed by atoms with Crippen molar-refractivity contribution >= 4 is 5.69 Å². The topological polar surface area (TPSA) is 21.3 Å². The zero-order valence-electron chi connectivity index (χ0n) is 5.67. The first-order chi connectivity index (χ1) is 5.36. The third-order valence-electron chi connectivity index (χ3n) is 1.45. The van der Waals surface area contributed by atoms with Crippen molar-refractivity contribution in [3.63, 3.8) is 0 Å². The van der Waals surface area contributed by atoms with Crippen molar-refractivity contribution in [2.45, 2.75) is 0 Å². The van der Waals surface area contributed by atoms with Crippen LogP contribution in [0.5, 0.6) is 5.75 Å². The summed E-state index contributed by atoms with van der Waals surface area (Å²) in [6, 6.07) is 4.36. The number of nitrogens with one attached hydrogen (secondary N) is 1. The van der Waals surface area contributed by atoms with Crippen molar-refractivity contribution in [3.05, 3.63) is 36.5 Å². The monoisotopic (exact) mass is 151 g/mol. The van der Waals surface area contributed by atoms with Gasteiger partial charge in [-0.15, -0.1) is 0 Å². The van der Waals surface area contributed by atoms with E-state index < -0.39 is 0 Å². The van der Waals surface area contributed by atoms with E-state index in [-0.39, 0.29) is 5.82 Å². The second-order valence-electron chi connectivity index (χ2n) is 2.21. The Bertz CT molecular complexity index is 309. The third-order valence-corrected chi connectivity index (χ3v) is 1.45. The van der Waals surface area contributed by atoms with Crippen LogP contribution in [0.15, 0.2) is 30.7 Å². The van der Waals surface area contributed by atoms with Crippen LogP contribution in [0, 0.1) is 5.82 Å². The van der Waals surface area contributed by atoms with Gasteiger partial charge >= 0.3 is 0 Å². The molecule has 0 aliphatic carbocycles. The van der Waals surface area contributed by atoms with Crippen molar-refractivity contribution in [2.75, 3.05) is 5.32 Å². The molecule has 0 saturated carbocycles. The second-order valence-corrected chi connectivity index (χ2v) is 2.21. The molecule has 0 fully saturated rings. The molecule has 11 heavy (non-hydrogen) atoms. The van der Waals surface area contributed by atoms with Gasteiger partial charge in [-0.3, -0.25) is 0 Å². The van der Waals surface area contributed by atoms with Crippen LogP contribution < -0.4 is 10.1 Å². The first-order valence-electron chi connectivity index (χ1n) is 3.24. The molecule has 2 nitrogen and oxygen atoms in total. The van der Waals surface area contributed by atoms with Crippen LogP contribution in [0.1, 0.15) is 0 Å². The molecule has 1 aromatic rings. The van der Waals surface area contributed by atoms with Crippen LogP contribution >= 0.6 is 0 Å². The molecule has 1 aromatic carbocycles. The second kappa shape index (κ2) is 2.27. The number of hydrogen-bond donors (Lipinski definition) is 1. The zero-order valence-corrected chi connectivity index (χ0v) is 5.67. The summed E-state index contributed by atoms with van der Waals surface area (Å²) < 4.78 is 17.6. The largest absolute Gasteiger partial charge is 0.461 e. The lowest BCUT2D eigenvalue weighted by atomic mass is 10.3. The van der Waals surface area contributed by atoms with Gasteiger partial charge in [-0.1, -0.05) is 0 Å². The van der Waals surface area contributed by atoms with Crippen LogP contribution in [0.2, 0.25) is 0 Å². The summed E-state index contributed by atoms with van der Waals surface area (Å²) in [7, 11) is 0. The van der Waals surface area contributed by atoms with Crippen LogP contribution in [0.25, 0.3) is 0 Å². The van der Waals surface area contributed by atoms with Crippen LogP contribution in [0.3, 0.4) is 0 Å². The van der Waals surface area contributed by atoms with E-state index in [2.05, 4.69) is 5.32 Å². The van der Waals surface area contributed by atoms with Crippen molar-refractivity contribution in [1.82, 2.24) is 0 Å². The normalized spacial score (nSPS) is 13.2. The quantitative estimate of drug-likeness (QED) is 0.613. The number of ether oxygens (including phenoxy) is 1. The highest BCUT2D eigenvalue weighted by Crippen LogP contribution is 2.27. The van der Waals surface area contributed by atoms with Crippen LogP contribution in [0.4, 0.5) is 10.1 Å². The molecule has 2 rings (SSSR count). The lowest BCUT2D eigenvalue weighted by Crippen LogP contribution is -1.99. The molecule has 0 spiro atoms. The van der Waals surface area contributed by atoms with Crippen molar-refractivity contribution in [1.29, 1.82) is 0 Å². The van der Waals surface area contributed by atoms with E-state index in [4.69, 9.17) is 4.74 Å². The average Bonchev–Trinajstić information content (AvgIpc) is 2.04. The van der Waals surface area contributed by atoms with Gasteiger partial charge in [-0.05, 0) is 12.1 Å². The fourth-order valence-electron chi connectivity index (χ4n) is 0.944. The summed E-state index contributed by atoms with van der Waals surface area (Å²) in [4.78, 5) is 0. The number of rotatable bonds is 0. The predicted octanol–water partition coefficient (Wildman–Crippen LogP) is 2.10. The van der Waals surface area contributed by atoms with Gasteiger partial charge in [0.25, 0.3) is 0 Å². The molecule has 0 atom stereocenters. The first kappa shape index (κ1) is 6.22. The van der Waals surface area contributed by atoms with Gasteiger partial charge in [0.1, 0.15) is 12.1 Å². The SMILES string of the molecule is Fc1ccc2c(c1)OC=CN2. The van der Waals surface area contributed by atoms with Gasteiger partial charge in [0.05, 0.1) is 5.69 Å². The summed E-state index contributed by atoms with van der Waals surface area (Å²) in [5, 5.41) is 2.92. The van der Waals surface area contributed by atoms with Crippen LogP contribution in [-0.2, 0) is 0 Å². The minimum Gasteiger partial charge on any atom is -0.461 e. The molecule has 56 valence electrons. The maximum atomic E-state index is 12.6. The maximum absolute atomic E-state index is 12.6. The third kappa shape index (κ3) is 1.05. The van der Waals surface area contributed by atoms with Crippen molar-refractivity contribution in [3.8, 4) is 5.75 Å². The molecule has 1 N–H and O–H groups in total. The first-order valence-corrected chi connectivity index (χ1v) is 3.24. The molecule has 3 heteroatoms.